The molecule has 1 aromatic carbocycles. The summed E-state index contributed by atoms with van der Waals surface area (Å²) in [5.41, 5.74) is 1.32. The largest absolute Gasteiger partial charge is 0.380 e. The van der Waals surface area contributed by atoms with Crippen molar-refractivity contribution in [3.05, 3.63) is 29.8 Å². The summed E-state index contributed by atoms with van der Waals surface area (Å²) in [6, 6.07) is 8.94. The molecule has 1 saturated heterocycles. The quantitative estimate of drug-likeness (QED) is 0.905. The molecule has 0 radical (unpaired) electrons. The summed E-state index contributed by atoms with van der Waals surface area (Å²) in [6.45, 7) is 4.20. The van der Waals surface area contributed by atoms with Crippen LogP contribution < -0.4 is 5.32 Å². The fourth-order valence-electron chi connectivity index (χ4n) is 2.13. The topological polar surface area (TPSA) is 65.4 Å². The molecule has 0 aliphatic carbocycles. The zero-order chi connectivity index (χ0) is 14.2. The number of hydrogen-bond acceptors (Lipinski definition) is 4. The lowest BCUT2D eigenvalue weighted by atomic mass is 10.2. The van der Waals surface area contributed by atoms with Gasteiger partial charge in [0.1, 0.15) is 0 Å². The molecule has 0 atom stereocenters. The predicted molar refractivity (Wildman–Crippen MR) is 76.3 cm³/mol. The SMILES string of the molecule is N#Cc1ccc(NC(=O)CCN2CCCOCC2)cc1. The van der Waals surface area contributed by atoms with E-state index in [1.54, 1.807) is 24.3 Å². The molecule has 106 valence electrons. The lowest BCUT2D eigenvalue weighted by molar-refractivity contribution is -0.116. The number of nitrogens with one attached hydrogen (secondary N) is 1. The van der Waals surface area contributed by atoms with Crippen molar-refractivity contribution in [1.82, 2.24) is 4.90 Å². The van der Waals surface area contributed by atoms with Crippen molar-refractivity contribution in [2.24, 2.45) is 0 Å². The molecule has 1 N–H and O–H groups in total. The molecule has 1 aliphatic heterocycles. The van der Waals surface area contributed by atoms with E-state index in [2.05, 4.69) is 16.3 Å². The van der Waals surface area contributed by atoms with Crippen LogP contribution in [0.2, 0.25) is 0 Å². The molecule has 0 saturated carbocycles. The van der Waals surface area contributed by atoms with Crippen LogP contribution in [0.3, 0.4) is 0 Å². The standard InChI is InChI=1S/C15H19N3O2/c16-12-13-2-4-14(5-3-13)17-15(19)6-8-18-7-1-10-20-11-9-18/h2-5H,1,6-11H2,(H,17,19). The van der Waals surface area contributed by atoms with Crippen molar-refractivity contribution in [3.63, 3.8) is 0 Å². The summed E-state index contributed by atoms with van der Waals surface area (Å²) < 4.78 is 5.38. The van der Waals surface area contributed by atoms with Crippen LogP contribution >= 0.6 is 0 Å². The summed E-state index contributed by atoms with van der Waals surface area (Å²) in [7, 11) is 0. The van der Waals surface area contributed by atoms with Gasteiger partial charge in [-0.3, -0.25) is 4.79 Å². The summed E-state index contributed by atoms with van der Waals surface area (Å²) in [5.74, 6) is -0.000118. The molecule has 1 amide bonds. The number of nitriles is 1. The van der Waals surface area contributed by atoms with Gasteiger partial charge in [0, 0.05) is 38.3 Å². The maximum atomic E-state index is 11.9. The van der Waals surface area contributed by atoms with Gasteiger partial charge in [0.15, 0.2) is 0 Å². The highest BCUT2D eigenvalue weighted by atomic mass is 16.5. The Labute approximate surface area is 119 Å². The highest BCUT2D eigenvalue weighted by molar-refractivity contribution is 5.90. The second-order valence-electron chi connectivity index (χ2n) is 4.79. The zero-order valence-corrected chi connectivity index (χ0v) is 11.5. The van der Waals surface area contributed by atoms with Crippen molar-refractivity contribution in [2.45, 2.75) is 12.8 Å². The Morgan fingerprint density at radius 1 is 1.30 bits per heavy atom. The molecular formula is C15H19N3O2. The highest BCUT2D eigenvalue weighted by Crippen LogP contribution is 2.09. The Morgan fingerprint density at radius 2 is 2.10 bits per heavy atom. The maximum absolute atomic E-state index is 11.9. The third kappa shape index (κ3) is 4.65. The first kappa shape index (κ1) is 14.5. The fourth-order valence-corrected chi connectivity index (χ4v) is 2.13. The molecule has 5 heteroatoms. The van der Waals surface area contributed by atoms with E-state index in [9.17, 15) is 4.79 Å². The van der Waals surface area contributed by atoms with E-state index in [0.29, 0.717) is 12.0 Å². The Balaban J connectivity index is 1.75. The lowest BCUT2D eigenvalue weighted by Crippen LogP contribution is -2.30. The van der Waals surface area contributed by atoms with Gasteiger partial charge in [0.2, 0.25) is 5.91 Å². The molecular weight excluding hydrogens is 254 g/mol. The van der Waals surface area contributed by atoms with Gasteiger partial charge >= 0.3 is 0 Å². The summed E-state index contributed by atoms with van der Waals surface area (Å²) in [5, 5.41) is 11.6. The molecule has 20 heavy (non-hydrogen) atoms. The predicted octanol–water partition coefficient (Wildman–Crippen LogP) is 1.61. The first-order valence-electron chi connectivity index (χ1n) is 6.88. The number of hydrogen-bond donors (Lipinski definition) is 1. The number of nitrogens with zero attached hydrogens (tertiary/aromatic N) is 2. The number of amides is 1. The average Bonchev–Trinajstić information content (AvgIpc) is 2.74. The Kier molecular flexibility index (Phi) is 5.54. The molecule has 5 nitrogen and oxygen atoms in total. The first-order chi connectivity index (χ1) is 9.78. The lowest BCUT2D eigenvalue weighted by Gasteiger charge is -2.18. The van der Waals surface area contributed by atoms with Crippen molar-refractivity contribution in [2.75, 3.05) is 38.2 Å². The van der Waals surface area contributed by atoms with Gasteiger partial charge in [-0.05, 0) is 30.7 Å². The monoisotopic (exact) mass is 273 g/mol. The second-order valence-corrected chi connectivity index (χ2v) is 4.79. The zero-order valence-electron chi connectivity index (χ0n) is 11.5. The number of ether oxygens (including phenoxy) is 1. The van der Waals surface area contributed by atoms with Gasteiger partial charge in [-0.15, -0.1) is 0 Å². The minimum Gasteiger partial charge on any atom is -0.380 e. The molecule has 1 fully saturated rings. The molecule has 0 spiro atoms. The first-order valence-corrected chi connectivity index (χ1v) is 6.88. The van der Waals surface area contributed by atoms with Crippen molar-refractivity contribution >= 4 is 11.6 Å². The van der Waals surface area contributed by atoms with Gasteiger partial charge in [-0.1, -0.05) is 0 Å². The van der Waals surface area contributed by atoms with Crippen LogP contribution in [-0.4, -0.2) is 43.7 Å². The van der Waals surface area contributed by atoms with Crippen LogP contribution in [0.15, 0.2) is 24.3 Å². The van der Waals surface area contributed by atoms with Crippen LogP contribution in [0, 0.1) is 11.3 Å². The van der Waals surface area contributed by atoms with Crippen LogP contribution in [0.1, 0.15) is 18.4 Å². The molecule has 1 heterocycles. The third-order valence-corrected chi connectivity index (χ3v) is 3.27. The average molecular weight is 273 g/mol. The summed E-state index contributed by atoms with van der Waals surface area (Å²) in [6.07, 6.45) is 1.50. The van der Waals surface area contributed by atoms with Crippen LogP contribution in [0.25, 0.3) is 0 Å². The molecule has 0 bridgehead atoms. The van der Waals surface area contributed by atoms with Gasteiger partial charge in [0.25, 0.3) is 0 Å². The van der Waals surface area contributed by atoms with E-state index in [4.69, 9.17) is 10.00 Å². The van der Waals surface area contributed by atoms with Gasteiger partial charge < -0.3 is 15.0 Å². The number of anilines is 1. The van der Waals surface area contributed by atoms with E-state index in [1.807, 2.05) is 0 Å². The number of carbonyl (C=O) groups is 1. The molecule has 1 aromatic rings. The fraction of sp³-hybridized carbons (Fsp3) is 0.467. The van der Waals surface area contributed by atoms with E-state index in [-0.39, 0.29) is 5.91 Å². The smallest absolute Gasteiger partial charge is 0.225 e. The highest BCUT2D eigenvalue weighted by Gasteiger charge is 2.11. The third-order valence-electron chi connectivity index (χ3n) is 3.27. The maximum Gasteiger partial charge on any atom is 0.225 e. The van der Waals surface area contributed by atoms with E-state index >= 15 is 0 Å². The Morgan fingerprint density at radius 3 is 2.85 bits per heavy atom. The molecule has 2 rings (SSSR count). The van der Waals surface area contributed by atoms with Gasteiger partial charge in [0.05, 0.1) is 18.2 Å². The molecule has 1 aliphatic rings. The van der Waals surface area contributed by atoms with E-state index in [0.717, 1.165) is 45.0 Å². The molecule has 0 aromatic heterocycles. The number of benzene rings is 1. The van der Waals surface area contributed by atoms with Crippen LogP contribution in [0.5, 0.6) is 0 Å². The van der Waals surface area contributed by atoms with Crippen molar-refractivity contribution in [1.29, 1.82) is 5.26 Å². The number of rotatable bonds is 4. The van der Waals surface area contributed by atoms with E-state index in [1.165, 1.54) is 0 Å². The molecule has 0 unspecified atom stereocenters. The van der Waals surface area contributed by atoms with Crippen LogP contribution in [-0.2, 0) is 9.53 Å². The van der Waals surface area contributed by atoms with Gasteiger partial charge in [-0.25, -0.2) is 0 Å². The minimum absolute atomic E-state index is 0.000118. The number of carbonyl (C=O) groups excluding carboxylic acids is 1. The van der Waals surface area contributed by atoms with Crippen LogP contribution in [0.4, 0.5) is 5.69 Å². The van der Waals surface area contributed by atoms with E-state index < -0.39 is 0 Å². The van der Waals surface area contributed by atoms with Crippen molar-refractivity contribution in [3.8, 4) is 6.07 Å². The van der Waals surface area contributed by atoms with Gasteiger partial charge in [-0.2, -0.15) is 5.26 Å². The minimum atomic E-state index is -0.000118. The summed E-state index contributed by atoms with van der Waals surface area (Å²) in [4.78, 5) is 14.1. The Hall–Kier alpha value is -1.90. The second kappa shape index (κ2) is 7.63. The van der Waals surface area contributed by atoms with Crippen molar-refractivity contribution < 1.29 is 9.53 Å². The Bertz CT molecular complexity index is 471. The summed E-state index contributed by atoms with van der Waals surface area (Å²) >= 11 is 0. The normalized spacial score (nSPS) is 16.1.